The standard InChI is InChI=1S/C25H20Cl2N4OS/c26-21-11-10-18(14-22(21)27)24-29-30-25(31(24)20-8-2-1-3-9-20)33-15-23(32)28-19-12-16-6-4-5-7-17(16)13-19/h1-11,14,19H,12-13,15H2,(H,28,32). The van der Waals surface area contributed by atoms with Crippen LogP contribution in [0.15, 0.2) is 78.0 Å². The van der Waals surface area contributed by atoms with Gasteiger partial charge in [0, 0.05) is 17.3 Å². The maximum absolute atomic E-state index is 12.7. The Bertz CT molecular complexity index is 1280. The van der Waals surface area contributed by atoms with E-state index in [0.717, 1.165) is 24.1 Å². The number of thioether (sulfide) groups is 1. The van der Waals surface area contributed by atoms with Gasteiger partial charge in [-0.25, -0.2) is 0 Å². The molecule has 0 saturated heterocycles. The van der Waals surface area contributed by atoms with Gasteiger partial charge in [-0.3, -0.25) is 9.36 Å². The van der Waals surface area contributed by atoms with Crippen molar-refractivity contribution in [1.29, 1.82) is 0 Å². The zero-order chi connectivity index (χ0) is 22.8. The molecule has 1 aromatic heterocycles. The maximum Gasteiger partial charge on any atom is 0.230 e. The van der Waals surface area contributed by atoms with Crippen LogP contribution in [-0.2, 0) is 17.6 Å². The summed E-state index contributed by atoms with van der Waals surface area (Å²) in [4.78, 5) is 12.7. The highest BCUT2D eigenvalue weighted by molar-refractivity contribution is 7.99. The third kappa shape index (κ3) is 4.78. The SMILES string of the molecule is O=C(CSc1nnc(-c2ccc(Cl)c(Cl)c2)n1-c1ccccc1)NC1Cc2ccccc2C1. The van der Waals surface area contributed by atoms with Crippen molar-refractivity contribution in [3.63, 3.8) is 0 Å². The summed E-state index contributed by atoms with van der Waals surface area (Å²) < 4.78 is 1.93. The van der Waals surface area contributed by atoms with Gasteiger partial charge in [0.05, 0.1) is 15.8 Å². The summed E-state index contributed by atoms with van der Waals surface area (Å²) in [7, 11) is 0. The summed E-state index contributed by atoms with van der Waals surface area (Å²) in [5.74, 6) is 0.865. The van der Waals surface area contributed by atoms with Crippen LogP contribution in [0.2, 0.25) is 10.0 Å². The number of rotatable bonds is 6. The lowest BCUT2D eigenvalue weighted by atomic mass is 10.1. The van der Waals surface area contributed by atoms with E-state index in [1.807, 2.05) is 53.1 Å². The molecule has 0 fully saturated rings. The molecule has 0 radical (unpaired) electrons. The largest absolute Gasteiger partial charge is 0.352 e. The van der Waals surface area contributed by atoms with Gasteiger partial charge < -0.3 is 5.32 Å². The van der Waals surface area contributed by atoms with Gasteiger partial charge in [-0.15, -0.1) is 10.2 Å². The zero-order valence-electron chi connectivity index (χ0n) is 17.5. The van der Waals surface area contributed by atoms with Crippen molar-refractivity contribution < 1.29 is 4.79 Å². The van der Waals surface area contributed by atoms with Crippen LogP contribution in [0.1, 0.15) is 11.1 Å². The van der Waals surface area contributed by atoms with Gasteiger partial charge >= 0.3 is 0 Å². The molecule has 33 heavy (non-hydrogen) atoms. The number of carbonyl (C=O) groups is 1. The molecule has 0 atom stereocenters. The molecule has 5 nitrogen and oxygen atoms in total. The first-order valence-corrected chi connectivity index (χ1v) is 12.3. The molecule has 5 rings (SSSR count). The number of hydrogen-bond donors (Lipinski definition) is 1. The molecule has 1 amide bonds. The lowest BCUT2D eigenvalue weighted by molar-refractivity contribution is -0.119. The molecule has 1 aliphatic rings. The third-order valence-electron chi connectivity index (χ3n) is 5.57. The summed E-state index contributed by atoms with van der Waals surface area (Å²) >= 11 is 13.7. The van der Waals surface area contributed by atoms with Gasteiger partial charge in [-0.05, 0) is 54.3 Å². The van der Waals surface area contributed by atoms with E-state index >= 15 is 0 Å². The van der Waals surface area contributed by atoms with E-state index in [2.05, 4.69) is 27.6 Å². The molecule has 0 saturated carbocycles. The topological polar surface area (TPSA) is 59.8 Å². The number of nitrogens with one attached hydrogen (secondary N) is 1. The Kier molecular flexibility index (Phi) is 6.40. The molecule has 0 spiro atoms. The number of para-hydroxylation sites is 1. The second-order valence-electron chi connectivity index (χ2n) is 7.84. The molecule has 166 valence electrons. The Balaban J connectivity index is 1.34. The van der Waals surface area contributed by atoms with E-state index in [4.69, 9.17) is 23.2 Å². The highest BCUT2D eigenvalue weighted by Gasteiger charge is 2.23. The molecule has 0 aliphatic heterocycles. The van der Waals surface area contributed by atoms with Crippen LogP contribution >= 0.6 is 35.0 Å². The maximum atomic E-state index is 12.7. The van der Waals surface area contributed by atoms with Gasteiger partial charge in [0.2, 0.25) is 5.91 Å². The number of fused-ring (bicyclic) bond motifs is 1. The number of nitrogens with zero attached hydrogens (tertiary/aromatic N) is 3. The Hall–Kier alpha value is -2.80. The monoisotopic (exact) mass is 494 g/mol. The minimum atomic E-state index is -0.0171. The van der Waals surface area contributed by atoms with Gasteiger partial charge in [0.25, 0.3) is 0 Å². The summed E-state index contributed by atoms with van der Waals surface area (Å²) in [6.07, 6.45) is 1.74. The quantitative estimate of drug-likeness (QED) is 0.353. The van der Waals surface area contributed by atoms with Crippen molar-refractivity contribution in [2.24, 2.45) is 0 Å². The van der Waals surface area contributed by atoms with Gasteiger partial charge in [0.1, 0.15) is 0 Å². The first-order chi connectivity index (χ1) is 16.1. The van der Waals surface area contributed by atoms with Crippen LogP contribution < -0.4 is 5.32 Å². The molecule has 1 heterocycles. The second kappa shape index (κ2) is 9.59. The average Bonchev–Trinajstić information content (AvgIpc) is 3.43. The lowest BCUT2D eigenvalue weighted by Gasteiger charge is -2.13. The van der Waals surface area contributed by atoms with Crippen LogP contribution in [0.4, 0.5) is 0 Å². The van der Waals surface area contributed by atoms with E-state index in [0.29, 0.717) is 21.0 Å². The summed E-state index contributed by atoms with van der Waals surface area (Å²) in [6, 6.07) is 23.6. The molecule has 3 aromatic carbocycles. The molecule has 1 aliphatic carbocycles. The smallest absolute Gasteiger partial charge is 0.230 e. The van der Waals surface area contributed by atoms with Crippen LogP contribution in [0.25, 0.3) is 17.1 Å². The fraction of sp³-hybridized carbons (Fsp3) is 0.160. The number of amides is 1. The van der Waals surface area contributed by atoms with E-state index in [1.165, 1.54) is 22.9 Å². The Morgan fingerprint density at radius 2 is 1.64 bits per heavy atom. The highest BCUT2D eigenvalue weighted by Crippen LogP contribution is 2.32. The zero-order valence-corrected chi connectivity index (χ0v) is 19.9. The lowest BCUT2D eigenvalue weighted by Crippen LogP contribution is -2.36. The molecule has 0 bridgehead atoms. The third-order valence-corrected chi connectivity index (χ3v) is 7.24. The molecule has 4 aromatic rings. The summed E-state index contributed by atoms with van der Waals surface area (Å²) in [5.41, 5.74) is 4.31. The number of benzene rings is 3. The van der Waals surface area contributed by atoms with Crippen molar-refractivity contribution in [2.45, 2.75) is 24.0 Å². The average molecular weight is 495 g/mol. The van der Waals surface area contributed by atoms with Gasteiger partial charge in [-0.2, -0.15) is 0 Å². The molecular formula is C25H20Cl2N4OS. The van der Waals surface area contributed by atoms with Crippen LogP contribution in [0.3, 0.4) is 0 Å². The van der Waals surface area contributed by atoms with E-state index < -0.39 is 0 Å². The Morgan fingerprint density at radius 3 is 2.33 bits per heavy atom. The van der Waals surface area contributed by atoms with Crippen LogP contribution in [0.5, 0.6) is 0 Å². The first kappa shape index (κ1) is 22.0. The molecular weight excluding hydrogens is 475 g/mol. The summed E-state index contributed by atoms with van der Waals surface area (Å²) in [5, 5.41) is 13.5. The van der Waals surface area contributed by atoms with Gasteiger partial charge in [0.15, 0.2) is 11.0 Å². The van der Waals surface area contributed by atoms with Crippen LogP contribution in [-0.4, -0.2) is 32.5 Å². The van der Waals surface area contributed by atoms with E-state index in [9.17, 15) is 4.79 Å². The molecule has 8 heteroatoms. The number of aromatic nitrogens is 3. The number of halogens is 2. The fourth-order valence-electron chi connectivity index (χ4n) is 4.06. The Labute approximate surface area is 206 Å². The van der Waals surface area contributed by atoms with Crippen molar-refractivity contribution in [1.82, 2.24) is 20.1 Å². The minimum Gasteiger partial charge on any atom is -0.352 e. The number of hydrogen-bond acceptors (Lipinski definition) is 4. The van der Waals surface area contributed by atoms with E-state index in [1.54, 1.807) is 12.1 Å². The first-order valence-electron chi connectivity index (χ1n) is 10.5. The predicted octanol–water partition coefficient (Wildman–Crippen LogP) is 5.62. The van der Waals surface area contributed by atoms with Crippen molar-refractivity contribution in [3.05, 3.63) is 94.0 Å². The predicted molar refractivity (Wildman–Crippen MR) is 133 cm³/mol. The number of carbonyl (C=O) groups excluding carboxylic acids is 1. The Morgan fingerprint density at radius 1 is 0.939 bits per heavy atom. The van der Waals surface area contributed by atoms with Crippen molar-refractivity contribution >= 4 is 40.9 Å². The van der Waals surface area contributed by atoms with Gasteiger partial charge in [-0.1, -0.05) is 77.4 Å². The molecule has 1 N–H and O–H groups in total. The van der Waals surface area contributed by atoms with Crippen molar-refractivity contribution in [3.8, 4) is 17.1 Å². The minimum absolute atomic E-state index is 0.0171. The highest BCUT2D eigenvalue weighted by atomic mass is 35.5. The fourth-order valence-corrected chi connectivity index (χ4v) is 5.12. The van der Waals surface area contributed by atoms with Crippen molar-refractivity contribution in [2.75, 3.05) is 5.75 Å². The second-order valence-corrected chi connectivity index (χ2v) is 9.59. The molecule has 0 unspecified atom stereocenters. The van der Waals surface area contributed by atoms with E-state index in [-0.39, 0.29) is 17.7 Å². The van der Waals surface area contributed by atoms with Crippen LogP contribution in [0, 0.1) is 0 Å². The summed E-state index contributed by atoms with van der Waals surface area (Å²) in [6.45, 7) is 0. The normalized spacial score (nSPS) is 13.2.